The second-order valence-corrected chi connectivity index (χ2v) is 7.95. The fraction of sp³-hybridized carbons (Fsp3) is 0.889. The quantitative estimate of drug-likeness (QED) is 0.289. The first-order valence-corrected chi connectivity index (χ1v) is 9.60. The van der Waals surface area contributed by atoms with Gasteiger partial charge in [-0.3, -0.25) is 9.89 Å². The van der Waals surface area contributed by atoms with Crippen LogP contribution in [0, 0.1) is 0 Å². The fourth-order valence-corrected chi connectivity index (χ4v) is 3.19. The molecule has 2 heterocycles. The number of nitrogens with two attached hydrogens (primary N) is 1. The monoisotopic (exact) mass is 481 g/mol. The van der Waals surface area contributed by atoms with Gasteiger partial charge in [-0.25, -0.2) is 4.79 Å². The summed E-state index contributed by atoms with van der Waals surface area (Å²) in [5.74, 6) is 0.703. The molecule has 152 valence electrons. The molecule has 2 aliphatic heterocycles. The molecule has 0 aromatic heterocycles. The third kappa shape index (κ3) is 8.28. The average Bonchev–Trinajstić information content (AvgIpc) is 2.58. The molecule has 0 unspecified atom stereocenters. The maximum absolute atomic E-state index is 12.1. The third-order valence-electron chi connectivity index (χ3n) is 4.61. The van der Waals surface area contributed by atoms with Crippen LogP contribution in [0.2, 0.25) is 0 Å². The molecule has 7 nitrogen and oxygen atoms in total. The summed E-state index contributed by atoms with van der Waals surface area (Å²) >= 11 is 0. The molecule has 0 bridgehead atoms. The van der Waals surface area contributed by atoms with E-state index in [-0.39, 0.29) is 30.1 Å². The number of ether oxygens (including phenoxy) is 1. The predicted molar refractivity (Wildman–Crippen MR) is 116 cm³/mol. The van der Waals surface area contributed by atoms with Gasteiger partial charge in [0, 0.05) is 52.4 Å². The number of hydrogen-bond donors (Lipinski definition) is 1. The molecule has 2 N–H and O–H groups in total. The van der Waals surface area contributed by atoms with E-state index in [1.807, 2.05) is 20.8 Å². The highest BCUT2D eigenvalue weighted by molar-refractivity contribution is 14.0. The Morgan fingerprint density at radius 3 is 2.19 bits per heavy atom. The second-order valence-electron chi connectivity index (χ2n) is 7.95. The molecule has 0 spiro atoms. The molecule has 0 aromatic rings. The zero-order valence-corrected chi connectivity index (χ0v) is 18.9. The Labute approximate surface area is 175 Å². The van der Waals surface area contributed by atoms with E-state index in [2.05, 4.69) is 14.8 Å². The first-order valence-electron chi connectivity index (χ1n) is 9.60. The van der Waals surface area contributed by atoms with Crippen molar-refractivity contribution in [1.82, 2.24) is 14.7 Å². The molecule has 26 heavy (non-hydrogen) atoms. The Morgan fingerprint density at radius 1 is 1.00 bits per heavy atom. The predicted octanol–water partition coefficient (Wildman–Crippen LogP) is 2.35. The number of nitrogens with zero attached hydrogens (tertiary/aromatic N) is 4. The van der Waals surface area contributed by atoms with Gasteiger partial charge in [0.15, 0.2) is 5.96 Å². The smallest absolute Gasteiger partial charge is 0.410 e. The second kappa shape index (κ2) is 11.2. The summed E-state index contributed by atoms with van der Waals surface area (Å²) in [7, 11) is 0. The van der Waals surface area contributed by atoms with Crippen molar-refractivity contribution in [1.29, 1.82) is 0 Å². The Morgan fingerprint density at radius 2 is 1.62 bits per heavy atom. The van der Waals surface area contributed by atoms with E-state index in [0.717, 1.165) is 58.8 Å². The van der Waals surface area contributed by atoms with Crippen molar-refractivity contribution in [3.05, 3.63) is 0 Å². The zero-order valence-electron chi connectivity index (χ0n) is 16.6. The molecule has 0 aromatic carbocycles. The number of hydrogen-bond acceptors (Lipinski definition) is 4. The molecule has 2 rings (SSSR count). The number of piperidine rings is 1. The molecule has 1 amide bonds. The van der Waals surface area contributed by atoms with Gasteiger partial charge in [-0.2, -0.15) is 0 Å². The van der Waals surface area contributed by atoms with Gasteiger partial charge >= 0.3 is 6.09 Å². The normalized spacial score (nSPS) is 19.9. The Kier molecular flexibility index (Phi) is 9.99. The summed E-state index contributed by atoms with van der Waals surface area (Å²) < 4.78 is 5.43. The van der Waals surface area contributed by atoms with E-state index in [1.54, 1.807) is 4.90 Å². The molecule has 0 saturated carbocycles. The van der Waals surface area contributed by atoms with E-state index >= 15 is 0 Å². The summed E-state index contributed by atoms with van der Waals surface area (Å²) in [6.45, 7) is 12.8. The van der Waals surface area contributed by atoms with Crippen LogP contribution in [0.3, 0.4) is 0 Å². The zero-order chi connectivity index (χ0) is 18.3. The van der Waals surface area contributed by atoms with Crippen LogP contribution < -0.4 is 5.73 Å². The van der Waals surface area contributed by atoms with Crippen LogP contribution in [0.4, 0.5) is 4.79 Å². The topological polar surface area (TPSA) is 74.4 Å². The number of likely N-dealkylation sites (tertiary alicyclic amines) is 1. The SMILES string of the molecule is CC(C)(C)OC(=O)N1CCN(CCCN=C(N)N2CCCCC2)CC1.I. The van der Waals surface area contributed by atoms with Crippen LogP contribution in [0.25, 0.3) is 0 Å². The van der Waals surface area contributed by atoms with Gasteiger partial charge in [-0.05, 0) is 46.5 Å². The van der Waals surface area contributed by atoms with Crippen molar-refractivity contribution in [2.45, 2.75) is 52.1 Å². The van der Waals surface area contributed by atoms with Crippen molar-refractivity contribution in [3.8, 4) is 0 Å². The largest absolute Gasteiger partial charge is 0.444 e. The molecule has 2 fully saturated rings. The lowest BCUT2D eigenvalue weighted by Gasteiger charge is -2.35. The van der Waals surface area contributed by atoms with Crippen molar-refractivity contribution in [2.24, 2.45) is 10.7 Å². The maximum atomic E-state index is 12.1. The Hall–Kier alpha value is -0.770. The van der Waals surface area contributed by atoms with Crippen LogP contribution >= 0.6 is 24.0 Å². The van der Waals surface area contributed by atoms with E-state index < -0.39 is 5.60 Å². The maximum Gasteiger partial charge on any atom is 0.410 e. The summed E-state index contributed by atoms with van der Waals surface area (Å²) in [6.07, 6.45) is 4.54. The minimum Gasteiger partial charge on any atom is -0.444 e. The van der Waals surface area contributed by atoms with Gasteiger partial charge in [0.1, 0.15) is 5.60 Å². The molecule has 0 aliphatic carbocycles. The fourth-order valence-electron chi connectivity index (χ4n) is 3.19. The first kappa shape index (κ1) is 23.3. The number of rotatable bonds is 4. The summed E-state index contributed by atoms with van der Waals surface area (Å²) in [4.78, 5) is 23.0. The number of piperazine rings is 1. The van der Waals surface area contributed by atoms with E-state index in [0.29, 0.717) is 5.96 Å². The molecule has 2 aliphatic rings. The lowest BCUT2D eigenvalue weighted by Crippen LogP contribution is -2.50. The standard InChI is InChI=1S/C18H35N5O2.HI/c1-18(2,3)25-17(24)23-14-12-21(13-15-23)9-7-8-20-16(19)22-10-5-4-6-11-22;/h4-15H2,1-3H3,(H2,19,20);1H. The van der Waals surface area contributed by atoms with Gasteiger partial charge in [0.05, 0.1) is 0 Å². The van der Waals surface area contributed by atoms with Gasteiger partial charge in [-0.15, -0.1) is 24.0 Å². The van der Waals surface area contributed by atoms with E-state index in [4.69, 9.17) is 10.5 Å². The van der Waals surface area contributed by atoms with Crippen molar-refractivity contribution < 1.29 is 9.53 Å². The molecular formula is C18H36IN5O2. The van der Waals surface area contributed by atoms with Crippen LogP contribution in [-0.2, 0) is 4.74 Å². The Balaban J connectivity index is 0.00000338. The lowest BCUT2D eigenvalue weighted by molar-refractivity contribution is 0.0145. The number of carbonyl (C=O) groups is 1. The van der Waals surface area contributed by atoms with Crippen molar-refractivity contribution in [3.63, 3.8) is 0 Å². The first-order chi connectivity index (χ1) is 11.8. The third-order valence-corrected chi connectivity index (χ3v) is 4.61. The minimum absolute atomic E-state index is 0. The van der Waals surface area contributed by atoms with Gasteiger partial charge < -0.3 is 20.3 Å². The number of carbonyl (C=O) groups excluding carboxylic acids is 1. The minimum atomic E-state index is -0.430. The molecule has 2 saturated heterocycles. The number of halogens is 1. The number of guanidine groups is 1. The summed E-state index contributed by atoms with van der Waals surface area (Å²) in [5, 5.41) is 0. The molecular weight excluding hydrogens is 445 g/mol. The van der Waals surface area contributed by atoms with E-state index in [9.17, 15) is 4.79 Å². The molecule has 0 atom stereocenters. The summed E-state index contributed by atoms with van der Waals surface area (Å²) in [5.41, 5.74) is 5.64. The lowest BCUT2D eigenvalue weighted by atomic mass is 10.1. The van der Waals surface area contributed by atoms with Crippen LogP contribution in [0.5, 0.6) is 0 Å². The molecule has 0 radical (unpaired) electrons. The highest BCUT2D eigenvalue weighted by Crippen LogP contribution is 2.12. The van der Waals surface area contributed by atoms with Gasteiger partial charge in [0.25, 0.3) is 0 Å². The van der Waals surface area contributed by atoms with Crippen LogP contribution in [-0.4, -0.2) is 84.7 Å². The average molecular weight is 481 g/mol. The molecule has 8 heteroatoms. The van der Waals surface area contributed by atoms with Gasteiger partial charge in [0.2, 0.25) is 0 Å². The van der Waals surface area contributed by atoms with E-state index in [1.165, 1.54) is 19.3 Å². The van der Waals surface area contributed by atoms with Gasteiger partial charge in [-0.1, -0.05) is 0 Å². The number of amides is 1. The van der Waals surface area contributed by atoms with Crippen molar-refractivity contribution >= 4 is 36.0 Å². The highest BCUT2D eigenvalue weighted by atomic mass is 127. The summed E-state index contributed by atoms with van der Waals surface area (Å²) in [6, 6.07) is 0. The van der Waals surface area contributed by atoms with Crippen LogP contribution in [0.15, 0.2) is 4.99 Å². The Bertz CT molecular complexity index is 453. The van der Waals surface area contributed by atoms with Crippen LogP contribution in [0.1, 0.15) is 46.5 Å². The van der Waals surface area contributed by atoms with Crippen molar-refractivity contribution in [2.75, 3.05) is 52.4 Å². The highest BCUT2D eigenvalue weighted by Gasteiger charge is 2.25. The number of aliphatic imine (C=N–C) groups is 1.